The van der Waals surface area contributed by atoms with Gasteiger partial charge in [0.2, 0.25) is 11.9 Å². The van der Waals surface area contributed by atoms with Crippen LogP contribution in [0, 0.1) is 0 Å². The standard InChI is InChI=1S/C28H33ClN8O3/c1-28(2)14-17-15-31-27(30)34-22(17)23-21(28)24(36-35-23)25(39)33-18-7-5-16(6-8-18)26(40)37-12-9-19(10-13-37)32-20(38)4-3-11-29/h5-8,15,19H,3-4,9-14H2,1-2H3,(H,32,38)(H,33,39)(H,35,36)(H2,30,31,34). The normalized spacial score (nSPS) is 16.1. The molecule has 3 aromatic rings. The monoisotopic (exact) mass is 564 g/mol. The highest BCUT2D eigenvalue weighted by atomic mass is 35.5. The van der Waals surface area contributed by atoms with Gasteiger partial charge in [-0.3, -0.25) is 19.5 Å². The van der Waals surface area contributed by atoms with Gasteiger partial charge in [0.05, 0.1) is 5.69 Å². The number of halogens is 1. The average Bonchev–Trinajstić information content (AvgIpc) is 3.40. The Kier molecular flexibility index (Phi) is 7.75. The molecule has 0 atom stereocenters. The molecule has 0 unspecified atom stereocenters. The molecule has 40 heavy (non-hydrogen) atoms. The predicted octanol–water partition coefficient (Wildman–Crippen LogP) is 3.27. The first kappa shape index (κ1) is 27.6. The van der Waals surface area contributed by atoms with E-state index in [1.165, 1.54) is 0 Å². The first-order valence-corrected chi connectivity index (χ1v) is 14.0. The third-order valence-corrected chi connectivity index (χ3v) is 7.75. The van der Waals surface area contributed by atoms with Crippen LogP contribution in [-0.4, -0.2) is 67.8 Å². The zero-order chi connectivity index (χ0) is 28.4. The lowest BCUT2D eigenvalue weighted by molar-refractivity contribution is -0.122. The molecule has 0 radical (unpaired) electrons. The van der Waals surface area contributed by atoms with Gasteiger partial charge in [-0.05, 0) is 60.9 Å². The van der Waals surface area contributed by atoms with Crippen LogP contribution in [0.3, 0.4) is 0 Å². The second kappa shape index (κ2) is 11.2. The van der Waals surface area contributed by atoms with Crippen molar-refractivity contribution < 1.29 is 14.4 Å². The summed E-state index contributed by atoms with van der Waals surface area (Å²) >= 11 is 5.66. The van der Waals surface area contributed by atoms with Gasteiger partial charge in [0, 0.05) is 54.4 Å². The molecular formula is C28H33ClN8O3. The van der Waals surface area contributed by atoms with Crippen molar-refractivity contribution in [1.82, 2.24) is 30.4 Å². The highest BCUT2D eigenvalue weighted by molar-refractivity contribution is 6.17. The highest BCUT2D eigenvalue weighted by Crippen LogP contribution is 2.42. The molecule has 1 saturated heterocycles. The number of nitrogen functional groups attached to an aromatic ring is 1. The summed E-state index contributed by atoms with van der Waals surface area (Å²) in [6.45, 7) is 5.24. The molecule has 12 heteroatoms. The Morgan fingerprint density at radius 3 is 2.58 bits per heavy atom. The smallest absolute Gasteiger partial charge is 0.273 e. The van der Waals surface area contributed by atoms with Crippen molar-refractivity contribution in [3.63, 3.8) is 0 Å². The van der Waals surface area contributed by atoms with Crippen LogP contribution in [0.5, 0.6) is 0 Å². The number of carbonyl (C=O) groups is 3. The van der Waals surface area contributed by atoms with E-state index in [0.29, 0.717) is 79.4 Å². The van der Waals surface area contributed by atoms with Gasteiger partial charge < -0.3 is 21.3 Å². The van der Waals surface area contributed by atoms with Crippen molar-refractivity contribution >= 4 is 41.0 Å². The van der Waals surface area contributed by atoms with Gasteiger partial charge >= 0.3 is 0 Å². The van der Waals surface area contributed by atoms with E-state index in [1.54, 1.807) is 35.4 Å². The number of likely N-dealkylation sites (tertiary alicyclic amines) is 1. The predicted molar refractivity (Wildman–Crippen MR) is 152 cm³/mol. The van der Waals surface area contributed by atoms with E-state index >= 15 is 0 Å². The van der Waals surface area contributed by atoms with Crippen LogP contribution in [0.1, 0.15) is 71.5 Å². The molecule has 0 saturated carbocycles. The van der Waals surface area contributed by atoms with Crippen LogP contribution in [-0.2, 0) is 16.6 Å². The number of amides is 3. The largest absolute Gasteiger partial charge is 0.368 e. The number of anilines is 2. The number of hydrogen-bond acceptors (Lipinski definition) is 7. The summed E-state index contributed by atoms with van der Waals surface area (Å²) < 4.78 is 0. The van der Waals surface area contributed by atoms with Gasteiger partial charge in [-0.25, -0.2) is 9.97 Å². The highest BCUT2D eigenvalue weighted by Gasteiger charge is 2.38. The number of rotatable bonds is 7. The molecule has 3 heterocycles. The molecule has 210 valence electrons. The summed E-state index contributed by atoms with van der Waals surface area (Å²) in [7, 11) is 0. The molecule has 1 fully saturated rings. The number of nitrogens with one attached hydrogen (secondary N) is 3. The summed E-state index contributed by atoms with van der Waals surface area (Å²) in [5, 5.41) is 13.2. The van der Waals surface area contributed by atoms with Gasteiger partial charge in [-0.1, -0.05) is 13.8 Å². The number of nitrogens with two attached hydrogens (primary N) is 1. The fourth-order valence-electron chi connectivity index (χ4n) is 5.48. The first-order valence-electron chi connectivity index (χ1n) is 13.4. The van der Waals surface area contributed by atoms with Gasteiger partial charge in [-0.15, -0.1) is 11.6 Å². The van der Waals surface area contributed by atoms with Crippen molar-refractivity contribution in [2.45, 2.75) is 57.4 Å². The van der Waals surface area contributed by atoms with Crippen molar-refractivity contribution in [1.29, 1.82) is 0 Å². The third kappa shape index (κ3) is 5.65. The van der Waals surface area contributed by atoms with E-state index in [-0.39, 0.29) is 35.1 Å². The van der Waals surface area contributed by atoms with E-state index in [2.05, 4.69) is 44.6 Å². The third-order valence-electron chi connectivity index (χ3n) is 7.48. The average molecular weight is 565 g/mol. The second-order valence-corrected chi connectivity index (χ2v) is 11.3. The lowest BCUT2D eigenvalue weighted by atomic mass is 9.73. The summed E-state index contributed by atoms with van der Waals surface area (Å²) in [6.07, 6.45) is 4.85. The number of alkyl halides is 1. The number of H-pyrrole nitrogens is 1. The Labute approximate surface area is 237 Å². The Hall–Kier alpha value is -3.99. The summed E-state index contributed by atoms with van der Waals surface area (Å²) in [5.41, 5.74) is 9.84. The first-order chi connectivity index (χ1) is 19.2. The number of aromatic amines is 1. The number of piperidine rings is 1. The van der Waals surface area contributed by atoms with E-state index in [0.717, 1.165) is 11.1 Å². The Balaban J connectivity index is 1.22. The summed E-state index contributed by atoms with van der Waals surface area (Å²) in [4.78, 5) is 48.6. The van der Waals surface area contributed by atoms with Crippen LogP contribution >= 0.6 is 11.6 Å². The minimum Gasteiger partial charge on any atom is -0.368 e. The molecule has 1 aliphatic heterocycles. The molecule has 11 nitrogen and oxygen atoms in total. The molecule has 2 aliphatic rings. The number of aromatic nitrogens is 4. The van der Waals surface area contributed by atoms with E-state index in [9.17, 15) is 14.4 Å². The minimum atomic E-state index is -0.377. The van der Waals surface area contributed by atoms with E-state index in [1.807, 2.05) is 0 Å². The van der Waals surface area contributed by atoms with Gasteiger partial charge in [0.25, 0.3) is 11.8 Å². The molecule has 0 spiro atoms. The Morgan fingerprint density at radius 1 is 1.15 bits per heavy atom. The van der Waals surface area contributed by atoms with Gasteiger partial charge in [-0.2, -0.15) is 5.10 Å². The second-order valence-electron chi connectivity index (χ2n) is 10.9. The molecular weight excluding hydrogens is 532 g/mol. The fourth-order valence-corrected chi connectivity index (χ4v) is 5.62. The van der Waals surface area contributed by atoms with Crippen LogP contribution < -0.4 is 16.4 Å². The van der Waals surface area contributed by atoms with E-state index < -0.39 is 0 Å². The van der Waals surface area contributed by atoms with Crippen LogP contribution in [0.4, 0.5) is 11.6 Å². The maximum absolute atomic E-state index is 13.3. The lowest BCUT2D eigenvalue weighted by Gasteiger charge is -2.32. The number of fused-ring (bicyclic) bond motifs is 3. The zero-order valence-electron chi connectivity index (χ0n) is 22.6. The van der Waals surface area contributed by atoms with Gasteiger partial charge in [0.1, 0.15) is 11.4 Å². The van der Waals surface area contributed by atoms with Crippen LogP contribution in [0.2, 0.25) is 0 Å². The van der Waals surface area contributed by atoms with Crippen molar-refractivity contribution in [3.8, 4) is 11.4 Å². The quantitative estimate of drug-likeness (QED) is 0.320. The number of hydrogen-bond donors (Lipinski definition) is 4. The maximum Gasteiger partial charge on any atom is 0.273 e. The van der Waals surface area contributed by atoms with E-state index in [4.69, 9.17) is 17.3 Å². The number of nitrogens with zero attached hydrogens (tertiary/aromatic N) is 4. The van der Waals surface area contributed by atoms with Crippen molar-refractivity contribution in [3.05, 3.63) is 52.8 Å². The molecule has 2 aromatic heterocycles. The molecule has 1 aromatic carbocycles. The van der Waals surface area contributed by atoms with Gasteiger partial charge in [0.15, 0.2) is 0 Å². The molecule has 5 rings (SSSR count). The Bertz CT molecular complexity index is 1430. The summed E-state index contributed by atoms with van der Waals surface area (Å²) in [5.74, 6) is 0.219. The summed E-state index contributed by atoms with van der Waals surface area (Å²) in [6, 6.07) is 6.92. The minimum absolute atomic E-state index is 0.00532. The SMILES string of the molecule is CC1(C)Cc2cnc(N)nc2-c2n[nH]c(C(=O)Nc3ccc(C(=O)N4CCC(NC(=O)CCCCl)CC4)cc3)c21. The number of carbonyl (C=O) groups excluding carboxylic acids is 3. The van der Waals surface area contributed by atoms with Crippen molar-refractivity contribution in [2.24, 2.45) is 0 Å². The molecule has 0 bridgehead atoms. The van der Waals surface area contributed by atoms with Crippen molar-refractivity contribution in [2.75, 3.05) is 30.0 Å². The maximum atomic E-state index is 13.3. The molecule has 5 N–H and O–H groups in total. The molecule has 3 amide bonds. The fraction of sp³-hybridized carbons (Fsp3) is 0.429. The topological polar surface area (TPSA) is 159 Å². The molecule has 1 aliphatic carbocycles. The van der Waals surface area contributed by atoms with Crippen LogP contribution in [0.25, 0.3) is 11.4 Å². The number of benzene rings is 1. The Morgan fingerprint density at radius 2 is 1.88 bits per heavy atom. The lowest BCUT2D eigenvalue weighted by Crippen LogP contribution is -2.46. The zero-order valence-corrected chi connectivity index (χ0v) is 23.3. The van der Waals surface area contributed by atoms with Crippen LogP contribution in [0.15, 0.2) is 30.5 Å².